The minimum absolute atomic E-state index is 0.200. The van der Waals surface area contributed by atoms with Crippen molar-refractivity contribution in [2.75, 3.05) is 20.6 Å². The number of hydrogen-bond acceptors (Lipinski definition) is 4. The Morgan fingerprint density at radius 1 is 1.19 bits per heavy atom. The Kier molecular flexibility index (Phi) is 7.04. The molecule has 1 aromatic heterocycles. The van der Waals surface area contributed by atoms with Gasteiger partial charge in [0.05, 0.1) is 5.69 Å². The third kappa shape index (κ3) is 5.10. The Hall–Kier alpha value is -2.81. The van der Waals surface area contributed by atoms with Gasteiger partial charge in [0, 0.05) is 25.7 Å². The largest absolute Gasteiger partial charge is 0.357 e. The third-order valence-electron chi connectivity index (χ3n) is 5.38. The molecule has 1 unspecified atom stereocenters. The van der Waals surface area contributed by atoms with E-state index in [1.165, 1.54) is 13.1 Å². The van der Waals surface area contributed by atoms with Gasteiger partial charge in [-0.3, -0.25) is 9.59 Å². The van der Waals surface area contributed by atoms with Crippen molar-refractivity contribution < 1.29 is 18.4 Å². The number of benzene rings is 1. The van der Waals surface area contributed by atoms with Gasteiger partial charge in [-0.2, -0.15) is 0 Å². The number of rotatable bonds is 6. The molecule has 168 valence electrons. The summed E-state index contributed by atoms with van der Waals surface area (Å²) in [7, 11) is 3.48. The summed E-state index contributed by atoms with van der Waals surface area (Å²) in [5.74, 6) is -2.03. The molecule has 1 aromatic carbocycles. The number of nitrogens with zero attached hydrogens (tertiary/aromatic N) is 3. The number of carbonyl (C=O) groups is 2. The number of aromatic nitrogens is 2. The van der Waals surface area contributed by atoms with Crippen LogP contribution in [0, 0.1) is 17.6 Å². The molecule has 0 fully saturated rings. The first kappa shape index (κ1) is 22.9. The number of likely N-dealkylation sites (N-methyl/N-ethyl adjacent to an activating group) is 1. The van der Waals surface area contributed by atoms with Crippen LogP contribution >= 0.6 is 0 Å². The Morgan fingerprint density at radius 3 is 2.58 bits per heavy atom. The van der Waals surface area contributed by atoms with Crippen molar-refractivity contribution in [2.24, 2.45) is 5.92 Å². The van der Waals surface area contributed by atoms with Crippen LogP contribution in [-0.4, -0.2) is 52.9 Å². The summed E-state index contributed by atoms with van der Waals surface area (Å²) < 4.78 is 29.2. The molecule has 9 heteroatoms. The van der Waals surface area contributed by atoms with Gasteiger partial charge in [-0.1, -0.05) is 13.8 Å². The van der Waals surface area contributed by atoms with E-state index in [4.69, 9.17) is 0 Å². The number of carbonyl (C=O) groups excluding carboxylic acids is 2. The van der Waals surface area contributed by atoms with Crippen molar-refractivity contribution in [2.45, 2.75) is 45.8 Å². The predicted molar refractivity (Wildman–Crippen MR) is 113 cm³/mol. The van der Waals surface area contributed by atoms with Crippen LogP contribution in [0.25, 0.3) is 11.4 Å². The molecule has 0 saturated carbocycles. The number of imidazole rings is 1. The quantitative estimate of drug-likeness (QED) is 0.734. The Balaban J connectivity index is 2.03. The smallest absolute Gasteiger partial charge is 0.272 e. The SMILES string of the molecule is CNC(=O)C(CC(C)C)NC(=O)c1nc(-c2ccc(F)c(F)c2)n2c1CN(C)CCC2. The van der Waals surface area contributed by atoms with Crippen LogP contribution in [0.2, 0.25) is 0 Å². The second-order valence-corrected chi connectivity index (χ2v) is 8.37. The summed E-state index contributed by atoms with van der Waals surface area (Å²) in [6, 6.07) is 2.91. The standard InChI is InChI=1S/C22H29F2N5O2/c1-13(2)10-17(21(30)25-3)26-22(31)19-18-12-28(4)8-5-9-29(18)20(27-19)14-6-7-15(23)16(24)11-14/h6-7,11,13,17H,5,8-10,12H2,1-4H3,(H,25,30)(H,26,31). The Labute approximate surface area is 180 Å². The van der Waals surface area contributed by atoms with Crippen molar-refractivity contribution >= 4 is 11.8 Å². The van der Waals surface area contributed by atoms with Crippen molar-refractivity contribution in [3.8, 4) is 11.4 Å². The van der Waals surface area contributed by atoms with Crippen LogP contribution in [-0.2, 0) is 17.9 Å². The molecule has 2 aromatic rings. The molecule has 7 nitrogen and oxygen atoms in total. The van der Waals surface area contributed by atoms with Crippen LogP contribution in [0.4, 0.5) is 8.78 Å². The lowest BCUT2D eigenvalue weighted by Gasteiger charge is -2.19. The molecule has 0 bridgehead atoms. The van der Waals surface area contributed by atoms with Crippen LogP contribution in [0.3, 0.4) is 0 Å². The number of halogens is 2. The maximum Gasteiger partial charge on any atom is 0.272 e. The molecule has 0 aliphatic carbocycles. The fraction of sp³-hybridized carbons (Fsp3) is 0.500. The summed E-state index contributed by atoms with van der Waals surface area (Å²) in [6.45, 7) is 5.85. The van der Waals surface area contributed by atoms with Crippen molar-refractivity contribution in [3.63, 3.8) is 0 Å². The maximum absolute atomic E-state index is 13.9. The first-order chi connectivity index (χ1) is 14.7. The molecule has 2 heterocycles. The average Bonchev–Trinajstić information content (AvgIpc) is 2.95. The van der Waals surface area contributed by atoms with Gasteiger partial charge in [-0.25, -0.2) is 13.8 Å². The highest BCUT2D eigenvalue weighted by molar-refractivity contribution is 5.97. The summed E-state index contributed by atoms with van der Waals surface area (Å²) in [5, 5.41) is 5.39. The van der Waals surface area contributed by atoms with E-state index in [-0.39, 0.29) is 17.5 Å². The first-order valence-electron chi connectivity index (χ1n) is 10.5. The monoisotopic (exact) mass is 433 g/mol. The summed E-state index contributed by atoms with van der Waals surface area (Å²) in [4.78, 5) is 32.1. The minimum atomic E-state index is -0.969. The van der Waals surface area contributed by atoms with Gasteiger partial charge >= 0.3 is 0 Å². The van der Waals surface area contributed by atoms with E-state index in [1.807, 2.05) is 25.5 Å². The summed E-state index contributed by atoms with van der Waals surface area (Å²) >= 11 is 0. The van der Waals surface area contributed by atoms with Crippen molar-refractivity contribution in [1.29, 1.82) is 0 Å². The molecule has 3 rings (SSSR count). The van der Waals surface area contributed by atoms with Crippen LogP contribution in [0.1, 0.15) is 42.9 Å². The fourth-order valence-corrected chi connectivity index (χ4v) is 3.86. The van der Waals surface area contributed by atoms with Gasteiger partial charge in [0.2, 0.25) is 5.91 Å². The molecule has 2 amide bonds. The Morgan fingerprint density at radius 2 is 1.94 bits per heavy atom. The van der Waals surface area contributed by atoms with Gasteiger partial charge in [-0.15, -0.1) is 0 Å². The minimum Gasteiger partial charge on any atom is -0.357 e. The number of fused-ring (bicyclic) bond motifs is 1. The van der Waals surface area contributed by atoms with Gasteiger partial charge in [0.15, 0.2) is 17.3 Å². The molecule has 31 heavy (non-hydrogen) atoms. The summed E-state index contributed by atoms with van der Waals surface area (Å²) in [5.41, 5.74) is 1.29. The predicted octanol–water partition coefficient (Wildman–Crippen LogP) is 2.55. The molecular formula is C22H29F2N5O2. The maximum atomic E-state index is 13.9. The second-order valence-electron chi connectivity index (χ2n) is 8.37. The highest BCUT2D eigenvalue weighted by atomic mass is 19.2. The summed E-state index contributed by atoms with van der Waals surface area (Å²) in [6.07, 6.45) is 1.31. The highest BCUT2D eigenvalue weighted by Crippen LogP contribution is 2.27. The molecular weight excluding hydrogens is 404 g/mol. The van der Waals surface area contributed by atoms with E-state index in [1.54, 1.807) is 0 Å². The second kappa shape index (κ2) is 9.55. The van der Waals surface area contributed by atoms with Gasteiger partial charge in [-0.05, 0) is 50.6 Å². The number of nitrogens with one attached hydrogen (secondary N) is 2. The zero-order chi connectivity index (χ0) is 22.7. The Bertz CT molecular complexity index is 973. The molecule has 1 atom stereocenters. The van der Waals surface area contributed by atoms with Gasteiger partial charge in [0.25, 0.3) is 5.91 Å². The van der Waals surface area contributed by atoms with E-state index in [9.17, 15) is 18.4 Å². The van der Waals surface area contributed by atoms with E-state index in [2.05, 4.69) is 20.5 Å². The number of amides is 2. The average molecular weight is 434 g/mol. The van der Waals surface area contributed by atoms with Crippen LogP contribution in [0.15, 0.2) is 18.2 Å². The lowest BCUT2D eigenvalue weighted by atomic mass is 10.0. The molecule has 0 saturated heterocycles. The molecule has 1 aliphatic rings. The topological polar surface area (TPSA) is 79.3 Å². The normalized spacial score (nSPS) is 15.3. The lowest BCUT2D eigenvalue weighted by molar-refractivity contribution is -0.122. The lowest BCUT2D eigenvalue weighted by Crippen LogP contribution is -2.46. The zero-order valence-electron chi connectivity index (χ0n) is 18.3. The molecule has 1 aliphatic heterocycles. The number of hydrogen-bond donors (Lipinski definition) is 2. The first-order valence-corrected chi connectivity index (χ1v) is 10.5. The van der Waals surface area contributed by atoms with Gasteiger partial charge in [0.1, 0.15) is 11.9 Å². The van der Waals surface area contributed by atoms with E-state index >= 15 is 0 Å². The van der Waals surface area contributed by atoms with Crippen LogP contribution in [0.5, 0.6) is 0 Å². The third-order valence-corrected chi connectivity index (χ3v) is 5.38. The zero-order valence-corrected chi connectivity index (χ0v) is 18.3. The molecule has 2 N–H and O–H groups in total. The van der Waals surface area contributed by atoms with E-state index in [0.29, 0.717) is 36.6 Å². The van der Waals surface area contributed by atoms with Crippen molar-refractivity contribution in [1.82, 2.24) is 25.1 Å². The van der Waals surface area contributed by atoms with Crippen molar-refractivity contribution in [3.05, 3.63) is 41.2 Å². The van der Waals surface area contributed by atoms with Crippen LogP contribution < -0.4 is 10.6 Å². The molecule has 0 spiro atoms. The van der Waals surface area contributed by atoms with E-state index < -0.39 is 23.6 Å². The highest BCUT2D eigenvalue weighted by Gasteiger charge is 2.29. The van der Waals surface area contributed by atoms with E-state index in [0.717, 1.165) is 25.1 Å². The fourth-order valence-electron chi connectivity index (χ4n) is 3.86. The van der Waals surface area contributed by atoms with Gasteiger partial charge < -0.3 is 20.1 Å². The molecule has 0 radical (unpaired) electrons.